The van der Waals surface area contributed by atoms with Crippen LogP contribution in [0.15, 0.2) is 53.6 Å². The Morgan fingerprint density at radius 2 is 1.69 bits per heavy atom. The van der Waals surface area contributed by atoms with E-state index in [1.54, 1.807) is 12.1 Å². The number of amides is 2. The number of phenols is 1. The summed E-state index contributed by atoms with van der Waals surface area (Å²) in [5, 5.41) is 15.4. The number of fused-ring (bicyclic) bond motifs is 1. The molecule has 0 fully saturated rings. The standard InChI is InChI=1S/C23H25N3O5S/c1-13(23(29)26-17-9-10-20(21(28)11-17)25-16(4)27)15(3)32(30,31)22-12-24-14(2)18-7-5-6-8-19(18)22/h5-13,15,28H,1-4H3,(H,25,27)(H,26,29). The molecule has 3 rings (SSSR count). The first kappa shape index (κ1) is 23.2. The molecule has 168 valence electrons. The third kappa shape index (κ3) is 4.57. The molecule has 0 saturated heterocycles. The van der Waals surface area contributed by atoms with Gasteiger partial charge in [-0.1, -0.05) is 31.2 Å². The summed E-state index contributed by atoms with van der Waals surface area (Å²) in [4.78, 5) is 28.2. The van der Waals surface area contributed by atoms with E-state index in [2.05, 4.69) is 15.6 Å². The summed E-state index contributed by atoms with van der Waals surface area (Å²) in [5.74, 6) is -1.97. The number of nitrogens with one attached hydrogen (secondary N) is 2. The van der Waals surface area contributed by atoms with E-state index in [9.17, 15) is 23.1 Å². The number of aryl methyl sites for hydroxylation is 1. The van der Waals surface area contributed by atoms with E-state index < -0.39 is 26.9 Å². The Morgan fingerprint density at radius 1 is 1.03 bits per heavy atom. The summed E-state index contributed by atoms with van der Waals surface area (Å²) in [6.07, 6.45) is 1.34. The number of nitrogens with zero attached hydrogens (tertiary/aromatic N) is 1. The van der Waals surface area contributed by atoms with Crippen molar-refractivity contribution in [2.75, 3.05) is 10.6 Å². The van der Waals surface area contributed by atoms with Crippen molar-refractivity contribution in [3.8, 4) is 5.75 Å². The van der Waals surface area contributed by atoms with Crippen molar-refractivity contribution in [1.29, 1.82) is 0 Å². The Balaban J connectivity index is 1.84. The summed E-state index contributed by atoms with van der Waals surface area (Å²) in [6.45, 7) is 6.15. The minimum absolute atomic E-state index is 0.0863. The molecule has 2 amide bonds. The predicted molar refractivity (Wildman–Crippen MR) is 123 cm³/mol. The van der Waals surface area contributed by atoms with E-state index in [1.807, 2.05) is 19.1 Å². The monoisotopic (exact) mass is 455 g/mol. The highest BCUT2D eigenvalue weighted by molar-refractivity contribution is 7.92. The zero-order valence-corrected chi connectivity index (χ0v) is 19.0. The number of pyridine rings is 1. The number of benzene rings is 2. The first-order chi connectivity index (χ1) is 15.0. The Morgan fingerprint density at radius 3 is 2.31 bits per heavy atom. The van der Waals surface area contributed by atoms with Gasteiger partial charge in [0.1, 0.15) is 5.75 Å². The van der Waals surface area contributed by atoms with E-state index >= 15 is 0 Å². The van der Waals surface area contributed by atoms with Gasteiger partial charge in [-0.25, -0.2) is 8.42 Å². The number of carbonyl (C=O) groups excluding carboxylic acids is 2. The molecule has 2 aromatic carbocycles. The van der Waals surface area contributed by atoms with Crippen LogP contribution in [0, 0.1) is 12.8 Å². The number of phenolic OH excluding ortho intramolecular Hbond substituents is 1. The van der Waals surface area contributed by atoms with E-state index in [0.29, 0.717) is 5.39 Å². The van der Waals surface area contributed by atoms with Crippen LogP contribution in [0.4, 0.5) is 11.4 Å². The van der Waals surface area contributed by atoms with Gasteiger partial charge in [0.25, 0.3) is 0 Å². The minimum Gasteiger partial charge on any atom is -0.506 e. The number of sulfone groups is 1. The molecule has 3 N–H and O–H groups in total. The fraction of sp³-hybridized carbons (Fsp3) is 0.261. The molecule has 9 heteroatoms. The van der Waals surface area contributed by atoms with Gasteiger partial charge in [0.15, 0.2) is 9.84 Å². The smallest absolute Gasteiger partial charge is 0.228 e. The van der Waals surface area contributed by atoms with Crippen LogP contribution in [-0.4, -0.2) is 35.6 Å². The highest BCUT2D eigenvalue weighted by Crippen LogP contribution is 2.30. The Hall–Kier alpha value is -3.46. The van der Waals surface area contributed by atoms with Gasteiger partial charge >= 0.3 is 0 Å². The predicted octanol–water partition coefficient (Wildman–Crippen LogP) is 3.64. The number of carbonyl (C=O) groups is 2. The molecule has 0 aliphatic heterocycles. The number of aromatic hydroxyl groups is 1. The van der Waals surface area contributed by atoms with Gasteiger partial charge in [0.05, 0.1) is 21.8 Å². The summed E-state index contributed by atoms with van der Waals surface area (Å²) in [6, 6.07) is 11.4. The van der Waals surface area contributed by atoms with Crippen LogP contribution in [0.2, 0.25) is 0 Å². The van der Waals surface area contributed by atoms with Crippen LogP contribution in [0.25, 0.3) is 10.8 Å². The first-order valence-electron chi connectivity index (χ1n) is 10.0. The topological polar surface area (TPSA) is 125 Å². The fourth-order valence-corrected chi connectivity index (χ4v) is 5.12. The largest absolute Gasteiger partial charge is 0.506 e. The Bertz CT molecular complexity index is 1300. The molecule has 0 saturated carbocycles. The van der Waals surface area contributed by atoms with Crippen molar-refractivity contribution in [2.24, 2.45) is 5.92 Å². The molecule has 0 radical (unpaired) electrons. The number of hydrogen-bond donors (Lipinski definition) is 3. The van der Waals surface area contributed by atoms with Crippen LogP contribution >= 0.6 is 0 Å². The molecule has 0 spiro atoms. The molecule has 1 heterocycles. The van der Waals surface area contributed by atoms with E-state index in [1.165, 1.54) is 45.2 Å². The number of anilines is 2. The van der Waals surface area contributed by atoms with Gasteiger partial charge in [-0.15, -0.1) is 0 Å². The van der Waals surface area contributed by atoms with E-state index in [-0.39, 0.29) is 27.9 Å². The molecular formula is C23H25N3O5S. The molecule has 0 aliphatic carbocycles. The van der Waals surface area contributed by atoms with Crippen molar-refractivity contribution < 1.29 is 23.1 Å². The Labute approximate surface area is 186 Å². The van der Waals surface area contributed by atoms with Gasteiger partial charge in [-0.05, 0) is 26.0 Å². The SMILES string of the molecule is CC(=O)Nc1ccc(NC(=O)C(C)C(C)S(=O)(=O)c2cnc(C)c3ccccc23)cc1O. The highest BCUT2D eigenvalue weighted by Gasteiger charge is 2.34. The minimum atomic E-state index is -3.87. The highest BCUT2D eigenvalue weighted by atomic mass is 32.2. The van der Waals surface area contributed by atoms with Gasteiger partial charge in [0, 0.05) is 41.3 Å². The van der Waals surface area contributed by atoms with Crippen LogP contribution in [0.5, 0.6) is 5.75 Å². The van der Waals surface area contributed by atoms with Gasteiger partial charge in [-0.3, -0.25) is 14.6 Å². The molecule has 32 heavy (non-hydrogen) atoms. The maximum atomic E-state index is 13.4. The second-order valence-electron chi connectivity index (χ2n) is 7.69. The molecule has 0 bridgehead atoms. The molecule has 2 atom stereocenters. The van der Waals surface area contributed by atoms with Crippen molar-refractivity contribution >= 4 is 43.8 Å². The number of rotatable bonds is 6. The number of hydrogen-bond acceptors (Lipinski definition) is 6. The second kappa shape index (κ2) is 8.96. The second-order valence-corrected chi connectivity index (χ2v) is 9.97. The quantitative estimate of drug-likeness (QED) is 0.487. The summed E-state index contributed by atoms with van der Waals surface area (Å²) in [5.41, 5.74) is 1.21. The summed E-state index contributed by atoms with van der Waals surface area (Å²) < 4.78 is 26.7. The maximum absolute atomic E-state index is 13.4. The molecule has 1 aromatic heterocycles. The van der Waals surface area contributed by atoms with Crippen LogP contribution in [-0.2, 0) is 19.4 Å². The van der Waals surface area contributed by atoms with Crippen LogP contribution < -0.4 is 10.6 Å². The zero-order chi connectivity index (χ0) is 23.6. The fourth-order valence-electron chi connectivity index (χ4n) is 3.38. The summed E-state index contributed by atoms with van der Waals surface area (Å²) in [7, 11) is -3.87. The van der Waals surface area contributed by atoms with Gasteiger partial charge in [-0.2, -0.15) is 0 Å². The molecule has 8 nitrogen and oxygen atoms in total. The molecule has 3 aromatic rings. The third-order valence-electron chi connectivity index (χ3n) is 5.45. The maximum Gasteiger partial charge on any atom is 0.228 e. The third-order valence-corrected chi connectivity index (χ3v) is 7.77. The van der Waals surface area contributed by atoms with Crippen molar-refractivity contribution in [1.82, 2.24) is 4.98 Å². The lowest BCUT2D eigenvalue weighted by atomic mass is 10.1. The zero-order valence-electron chi connectivity index (χ0n) is 18.2. The molecule has 2 unspecified atom stereocenters. The molecule has 0 aliphatic rings. The van der Waals surface area contributed by atoms with E-state index in [0.717, 1.165) is 11.1 Å². The lowest BCUT2D eigenvalue weighted by Gasteiger charge is -2.21. The molecular weight excluding hydrogens is 430 g/mol. The van der Waals surface area contributed by atoms with Gasteiger partial charge in [0.2, 0.25) is 11.8 Å². The lowest BCUT2D eigenvalue weighted by molar-refractivity contribution is -0.119. The van der Waals surface area contributed by atoms with Crippen LogP contribution in [0.1, 0.15) is 26.5 Å². The van der Waals surface area contributed by atoms with Crippen molar-refractivity contribution in [2.45, 2.75) is 37.8 Å². The van der Waals surface area contributed by atoms with Crippen molar-refractivity contribution in [3.05, 3.63) is 54.4 Å². The first-order valence-corrected chi connectivity index (χ1v) is 11.6. The van der Waals surface area contributed by atoms with Crippen LogP contribution in [0.3, 0.4) is 0 Å². The Kier molecular flexibility index (Phi) is 6.50. The number of aromatic nitrogens is 1. The normalized spacial score (nSPS) is 13.4. The van der Waals surface area contributed by atoms with Gasteiger partial charge < -0.3 is 15.7 Å². The van der Waals surface area contributed by atoms with Crippen molar-refractivity contribution in [3.63, 3.8) is 0 Å². The summed E-state index contributed by atoms with van der Waals surface area (Å²) >= 11 is 0. The average Bonchev–Trinajstić information content (AvgIpc) is 2.74. The lowest BCUT2D eigenvalue weighted by Crippen LogP contribution is -2.34. The van der Waals surface area contributed by atoms with E-state index in [4.69, 9.17) is 0 Å². The average molecular weight is 456 g/mol.